The van der Waals surface area contributed by atoms with Crippen LogP contribution in [0.4, 0.5) is 0 Å². The second-order valence-corrected chi connectivity index (χ2v) is 3.35. The van der Waals surface area contributed by atoms with Crippen LogP contribution < -0.4 is 0 Å². The number of allylic oxidation sites excluding steroid dienone is 3. The Hall–Kier alpha value is -1.30. The van der Waals surface area contributed by atoms with Crippen LogP contribution >= 0.6 is 0 Å². The quantitative estimate of drug-likeness (QED) is 0.465. The van der Waals surface area contributed by atoms with Crippen LogP contribution in [0.5, 0.6) is 0 Å². The molecule has 0 aliphatic carbocycles. The minimum Gasteiger partial charge on any atom is -0.0845 e. The lowest BCUT2D eigenvalue weighted by Crippen LogP contribution is -1.83. The van der Waals surface area contributed by atoms with E-state index in [0.29, 0.717) is 0 Å². The van der Waals surface area contributed by atoms with Crippen molar-refractivity contribution in [3.63, 3.8) is 0 Å². The van der Waals surface area contributed by atoms with Crippen LogP contribution in [-0.4, -0.2) is 0 Å². The summed E-state index contributed by atoms with van der Waals surface area (Å²) < 4.78 is 0. The summed E-state index contributed by atoms with van der Waals surface area (Å²) in [4.78, 5) is 0. The number of hydrogen-bond donors (Lipinski definition) is 0. The predicted octanol–water partition coefficient (Wildman–Crippen LogP) is 3.94. The Morgan fingerprint density at radius 2 is 1.86 bits per heavy atom. The Kier molecular flexibility index (Phi) is 5.49. The van der Waals surface area contributed by atoms with E-state index in [-0.39, 0.29) is 0 Å². The van der Waals surface area contributed by atoms with E-state index in [1.165, 1.54) is 24.8 Å². The number of benzene rings is 1. The lowest BCUT2D eigenvalue weighted by atomic mass is 10.1. The number of rotatable bonds is 6. The minimum atomic E-state index is 1.13. The average Bonchev–Trinajstić information content (AvgIpc) is 2.25. The summed E-state index contributed by atoms with van der Waals surface area (Å²) >= 11 is 0. The fourth-order valence-corrected chi connectivity index (χ4v) is 1.41. The van der Waals surface area contributed by atoms with Gasteiger partial charge < -0.3 is 0 Å². The highest BCUT2D eigenvalue weighted by molar-refractivity contribution is 5.14. The summed E-state index contributed by atoms with van der Waals surface area (Å²) in [6.45, 7) is 5.22. The summed E-state index contributed by atoms with van der Waals surface area (Å²) in [6.07, 6.45) is 10.4. The van der Waals surface area contributed by atoms with Crippen molar-refractivity contribution in [2.75, 3.05) is 0 Å². The molecule has 0 aliphatic heterocycles. The van der Waals surface area contributed by atoms with E-state index in [9.17, 15) is 0 Å². The van der Waals surface area contributed by atoms with E-state index in [0.717, 1.165) is 6.42 Å². The smallest absolute Gasteiger partial charge is 0.0279 e. The van der Waals surface area contributed by atoms with Gasteiger partial charge in [0.1, 0.15) is 0 Å². The molecule has 0 saturated carbocycles. The zero-order valence-electron chi connectivity index (χ0n) is 8.52. The molecule has 0 unspecified atom stereocenters. The van der Waals surface area contributed by atoms with Crippen LogP contribution in [0, 0.1) is 6.58 Å². The number of aryl methyl sites for hydroxylation is 1. The molecule has 1 aromatic rings. The topological polar surface area (TPSA) is 0 Å². The van der Waals surface area contributed by atoms with E-state index in [4.69, 9.17) is 6.58 Å². The molecular weight excluding hydrogens is 168 g/mol. The van der Waals surface area contributed by atoms with Crippen molar-refractivity contribution in [3.8, 4) is 0 Å². The van der Waals surface area contributed by atoms with Crippen molar-refractivity contribution in [2.45, 2.75) is 25.7 Å². The van der Waals surface area contributed by atoms with Crippen LogP contribution in [0.2, 0.25) is 0 Å². The highest BCUT2D eigenvalue weighted by Gasteiger charge is 1.90. The maximum absolute atomic E-state index is 5.22. The summed E-state index contributed by atoms with van der Waals surface area (Å²) in [7, 11) is 0. The molecule has 1 rings (SSSR count). The Balaban J connectivity index is 2.10. The zero-order valence-corrected chi connectivity index (χ0v) is 8.52. The molecule has 14 heavy (non-hydrogen) atoms. The lowest BCUT2D eigenvalue weighted by Gasteiger charge is -1.98. The maximum Gasteiger partial charge on any atom is -0.0279 e. The molecule has 73 valence electrons. The second kappa shape index (κ2) is 7.14. The van der Waals surface area contributed by atoms with Gasteiger partial charge in [-0.05, 0) is 31.2 Å². The van der Waals surface area contributed by atoms with Crippen LogP contribution in [0.25, 0.3) is 0 Å². The molecule has 0 fully saturated rings. The van der Waals surface area contributed by atoms with Crippen LogP contribution in [-0.2, 0) is 6.42 Å². The van der Waals surface area contributed by atoms with E-state index >= 15 is 0 Å². The Labute approximate surface area is 87.0 Å². The van der Waals surface area contributed by atoms with Gasteiger partial charge in [-0.25, -0.2) is 0 Å². The van der Waals surface area contributed by atoms with Crippen LogP contribution in [0.1, 0.15) is 24.8 Å². The minimum absolute atomic E-state index is 1.13. The second-order valence-electron chi connectivity index (χ2n) is 3.35. The first-order valence-electron chi connectivity index (χ1n) is 5.17. The van der Waals surface area contributed by atoms with Gasteiger partial charge >= 0.3 is 0 Å². The molecule has 0 aromatic heterocycles. The van der Waals surface area contributed by atoms with Crippen molar-refractivity contribution >= 4 is 0 Å². The first-order valence-corrected chi connectivity index (χ1v) is 5.17. The molecule has 1 radical (unpaired) electrons. The fraction of sp³-hybridized carbons (Fsp3) is 0.286. The van der Waals surface area contributed by atoms with Crippen molar-refractivity contribution < 1.29 is 0 Å². The Morgan fingerprint density at radius 3 is 2.57 bits per heavy atom. The zero-order chi connectivity index (χ0) is 10.1. The Morgan fingerprint density at radius 1 is 1.07 bits per heavy atom. The Bertz CT molecular complexity index is 269. The van der Waals surface area contributed by atoms with Gasteiger partial charge in [0.2, 0.25) is 0 Å². The van der Waals surface area contributed by atoms with Crippen molar-refractivity contribution in [1.29, 1.82) is 0 Å². The van der Waals surface area contributed by atoms with Gasteiger partial charge in [0.15, 0.2) is 0 Å². The average molecular weight is 185 g/mol. The predicted molar refractivity (Wildman–Crippen MR) is 62.0 cm³/mol. The van der Waals surface area contributed by atoms with Gasteiger partial charge in [0, 0.05) is 0 Å². The molecule has 0 atom stereocenters. The van der Waals surface area contributed by atoms with Gasteiger partial charge in [-0.15, -0.1) is 0 Å². The van der Waals surface area contributed by atoms with Gasteiger partial charge in [-0.2, -0.15) is 0 Å². The van der Waals surface area contributed by atoms with E-state index in [2.05, 4.69) is 36.4 Å². The molecule has 0 saturated heterocycles. The first kappa shape index (κ1) is 10.8. The van der Waals surface area contributed by atoms with Crippen molar-refractivity contribution in [2.24, 2.45) is 0 Å². The van der Waals surface area contributed by atoms with Gasteiger partial charge in [0.05, 0.1) is 0 Å². The third-order valence-electron chi connectivity index (χ3n) is 2.18. The van der Waals surface area contributed by atoms with Gasteiger partial charge in [-0.3, -0.25) is 0 Å². The summed E-state index contributed by atoms with van der Waals surface area (Å²) in [5.41, 5.74) is 1.43. The third kappa shape index (κ3) is 4.66. The van der Waals surface area contributed by atoms with E-state index in [1.807, 2.05) is 6.08 Å². The third-order valence-corrected chi connectivity index (χ3v) is 2.18. The highest BCUT2D eigenvalue weighted by atomic mass is 14.0. The van der Waals surface area contributed by atoms with Crippen molar-refractivity contribution in [1.82, 2.24) is 0 Å². The SMILES string of the molecule is [CH]=C/C=C/CCCCc1ccccc1. The molecule has 0 bridgehead atoms. The summed E-state index contributed by atoms with van der Waals surface area (Å²) in [5, 5.41) is 0. The normalized spacial score (nSPS) is 10.6. The molecular formula is C14H17. The van der Waals surface area contributed by atoms with Gasteiger partial charge in [-0.1, -0.05) is 55.1 Å². The standard InChI is InChI=1S/C14H17/c1-2-3-4-5-6-8-11-14-12-9-7-10-13-14/h1-4,7,9-10,12-13H,5-6,8,11H2/b2-1?,4-3+. The van der Waals surface area contributed by atoms with E-state index in [1.54, 1.807) is 6.08 Å². The number of unbranched alkanes of at least 4 members (excludes halogenated alkanes) is 2. The fourth-order valence-electron chi connectivity index (χ4n) is 1.41. The first-order chi connectivity index (χ1) is 6.93. The molecule has 1 aromatic carbocycles. The van der Waals surface area contributed by atoms with Crippen LogP contribution in [0.15, 0.2) is 48.6 Å². The highest BCUT2D eigenvalue weighted by Crippen LogP contribution is 2.06. The molecule has 0 heteroatoms. The largest absolute Gasteiger partial charge is 0.0845 e. The van der Waals surface area contributed by atoms with E-state index < -0.39 is 0 Å². The van der Waals surface area contributed by atoms with Gasteiger partial charge in [0.25, 0.3) is 0 Å². The molecule has 0 aliphatic rings. The maximum atomic E-state index is 5.22. The van der Waals surface area contributed by atoms with Crippen LogP contribution in [0.3, 0.4) is 0 Å². The molecule has 0 amide bonds. The molecule has 0 N–H and O–H groups in total. The molecule has 0 heterocycles. The molecule has 0 nitrogen and oxygen atoms in total. The lowest BCUT2D eigenvalue weighted by molar-refractivity contribution is 0.747. The number of hydrogen-bond acceptors (Lipinski definition) is 0. The monoisotopic (exact) mass is 185 g/mol. The molecule has 0 spiro atoms. The summed E-state index contributed by atoms with van der Waals surface area (Å²) in [5.74, 6) is 0. The summed E-state index contributed by atoms with van der Waals surface area (Å²) in [6, 6.07) is 10.6. The van der Waals surface area contributed by atoms with Crippen molar-refractivity contribution in [3.05, 3.63) is 60.7 Å².